The number of hydrogen-bond acceptors (Lipinski definition) is 2. The Morgan fingerprint density at radius 3 is 2.64 bits per heavy atom. The number of halogens is 2. The fourth-order valence-electron chi connectivity index (χ4n) is 2.00. The second-order valence-electron chi connectivity index (χ2n) is 4.58. The lowest BCUT2D eigenvalue weighted by atomic mass is 10.1. The molecule has 0 aliphatic heterocycles. The Labute approximate surface area is 140 Å². The number of rotatable bonds is 3. The number of hydrogen-bond donors (Lipinski definition) is 2. The molecule has 0 saturated heterocycles. The average molecular weight is 377 g/mol. The summed E-state index contributed by atoms with van der Waals surface area (Å²) in [5, 5.41) is 10.3. The minimum absolute atomic E-state index is 0.266. The largest absolute Gasteiger partial charge is 0.320 e. The van der Waals surface area contributed by atoms with Crippen molar-refractivity contribution >= 4 is 39.1 Å². The molecule has 1 aromatic heterocycles. The summed E-state index contributed by atoms with van der Waals surface area (Å²) in [5.74, 6) is -0.266. The van der Waals surface area contributed by atoms with Crippen LogP contribution in [0.1, 0.15) is 10.5 Å². The van der Waals surface area contributed by atoms with Crippen molar-refractivity contribution in [2.24, 2.45) is 0 Å². The molecule has 1 amide bonds. The number of aromatic amines is 1. The van der Waals surface area contributed by atoms with Gasteiger partial charge in [-0.15, -0.1) is 0 Å². The summed E-state index contributed by atoms with van der Waals surface area (Å²) >= 11 is 9.53. The molecule has 1 heterocycles. The van der Waals surface area contributed by atoms with Gasteiger partial charge in [0.1, 0.15) is 5.69 Å². The van der Waals surface area contributed by atoms with E-state index in [1.54, 1.807) is 12.1 Å². The zero-order chi connectivity index (χ0) is 15.5. The molecule has 22 heavy (non-hydrogen) atoms. The zero-order valence-corrected chi connectivity index (χ0v) is 13.6. The first-order valence-corrected chi connectivity index (χ1v) is 7.68. The van der Waals surface area contributed by atoms with Crippen LogP contribution in [-0.2, 0) is 0 Å². The Bertz CT molecular complexity index is 832. The minimum atomic E-state index is -0.266. The lowest BCUT2D eigenvalue weighted by Crippen LogP contribution is -2.12. The Balaban J connectivity index is 1.84. The van der Waals surface area contributed by atoms with Crippen LogP contribution in [-0.4, -0.2) is 16.1 Å². The molecule has 2 aromatic carbocycles. The van der Waals surface area contributed by atoms with Gasteiger partial charge in [0.15, 0.2) is 0 Å². The Kier molecular flexibility index (Phi) is 4.27. The normalized spacial score (nSPS) is 10.5. The topological polar surface area (TPSA) is 57.8 Å². The number of aromatic nitrogens is 2. The predicted octanol–water partition coefficient (Wildman–Crippen LogP) is 4.74. The maximum atomic E-state index is 12.3. The Hall–Kier alpha value is -2.11. The quantitative estimate of drug-likeness (QED) is 0.693. The highest BCUT2D eigenvalue weighted by Gasteiger charge is 2.13. The monoisotopic (exact) mass is 375 g/mol. The van der Waals surface area contributed by atoms with Gasteiger partial charge in [-0.1, -0.05) is 41.9 Å². The van der Waals surface area contributed by atoms with Crippen molar-refractivity contribution in [3.05, 3.63) is 69.8 Å². The molecule has 0 fully saturated rings. The van der Waals surface area contributed by atoms with E-state index < -0.39 is 0 Å². The molecular weight excluding hydrogens is 366 g/mol. The number of para-hydroxylation sites is 1. The molecule has 3 rings (SSSR count). The standard InChI is InChI=1S/C16H11BrClN3O/c17-11-6-2-4-8-13(11)19-16(22)15-9-14(20-21-15)10-5-1-3-7-12(10)18/h1-9H,(H,19,22)(H,20,21). The molecule has 0 saturated carbocycles. The van der Waals surface area contributed by atoms with Gasteiger partial charge in [-0.3, -0.25) is 9.89 Å². The van der Waals surface area contributed by atoms with Crippen LogP contribution in [0.25, 0.3) is 11.3 Å². The van der Waals surface area contributed by atoms with Crippen LogP contribution in [0.4, 0.5) is 5.69 Å². The predicted molar refractivity (Wildman–Crippen MR) is 91.1 cm³/mol. The van der Waals surface area contributed by atoms with E-state index in [0.29, 0.717) is 22.1 Å². The van der Waals surface area contributed by atoms with Crippen LogP contribution in [0.2, 0.25) is 5.02 Å². The van der Waals surface area contributed by atoms with Crippen LogP contribution in [0.15, 0.2) is 59.1 Å². The van der Waals surface area contributed by atoms with Gasteiger partial charge in [-0.25, -0.2) is 0 Å². The molecule has 3 aromatic rings. The van der Waals surface area contributed by atoms with Crippen LogP contribution in [0.5, 0.6) is 0 Å². The lowest BCUT2D eigenvalue weighted by Gasteiger charge is -2.05. The van der Waals surface area contributed by atoms with Gasteiger partial charge in [-0.05, 0) is 40.2 Å². The van der Waals surface area contributed by atoms with E-state index in [-0.39, 0.29) is 5.91 Å². The maximum absolute atomic E-state index is 12.3. The van der Waals surface area contributed by atoms with Gasteiger partial charge >= 0.3 is 0 Å². The van der Waals surface area contributed by atoms with Crippen molar-refractivity contribution < 1.29 is 4.79 Å². The second kappa shape index (κ2) is 6.34. The van der Waals surface area contributed by atoms with E-state index in [4.69, 9.17) is 11.6 Å². The van der Waals surface area contributed by atoms with E-state index in [0.717, 1.165) is 10.0 Å². The lowest BCUT2D eigenvalue weighted by molar-refractivity contribution is 0.102. The fourth-order valence-corrected chi connectivity index (χ4v) is 2.61. The minimum Gasteiger partial charge on any atom is -0.320 e. The molecule has 0 aliphatic rings. The molecular formula is C16H11BrClN3O. The summed E-state index contributed by atoms with van der Waals surface area (Å²) in [5.41, 5.74) is 2.47. The number of nitrogens with zero attached hydrogens (tertiary/aromatic N) is 1. The van der Waals surface area contributed by atoms with Crippen LogP contribution < -0.4 is 5.32 Å². The molecule has 0 spiro atoms. The van der Waals surface area contributed by atoms with Gasteiger partial charge in [0.25, 0.3) is 5.91 Å². The summed E-state index contributed by atoms with van der Waals surface area (Å²) in [7, 11) is 0. The number of anilines is 1. The van der Waals surface area contributed by atoms with Gasteiger partial charge in [0, 0.05) is 10.0 Å². The van der Waals surface area contributed by atoms with E-state index in [2.05, 4.69) is 31.4 Å². The first-order valence-electron chi connectivity index (χ1n) is 6.51. The molecule has 0 aliphatic carbocycles. The SMILES string of the molecule is O=C(Nc1ccccc1Br)c1cc(-c2ccccc2Cl)n[nH]1. The fraction of sp³-hybridized carbons (Fsp3) is 0. The Morgan fingerprint density at radius 2 is 1.86 bits per heavy atom. The first kappa shape index (κ1) is 14.8. The summed E-state index contributed by atoms with van der Waals surface area (Å²) < 4.78 is 0.814. The third kappa shape index (κ3) is 3.05. The van der Waals surface area contributed by atoms with Gasteiger partial charge in [0.2, 0.25) is 0 Å². The molecule has 110 valence electrons. The maximum Gasteiger partial charge on any atom is 0.273 e. The van der Waals surface area contributed by atoms with Crippen molar-refractivity contribution in [2.45, 2.75) is 0 Å². The number of benzene rings is 2. The summed E-state index contributed by atoms with van der Waals surface area (Å²) in [4.78, 5) is 12.3. The molecule has 0 atom stereocenters. The first-order chi connectivity index (χ1) is 10.6. The second-order valence-corrected chi connectivity index (χ2v) is 5.84. The number of H-pyrrole nitrogens is 1. The molecule has 0 bridgehead atoms. The molecule has 6 heteroatoms. The smallest absolute Gasteiger partial charge is 0.273 e. The van der Waals surface area contributed by atoms with Crippen LogP contribution in [0.3, 0.4) is 0 Å². The van der Waals surface area contributed by atoms with Crippen molar-refractivity contribution in [1.82, 2.24) is 10.2 Å². The third-order valence-corrected chi connectivity index (χ3v) is 4.12. The van der Waals surface area contributed by atoms with Crippen LogP contribution in [0, 0.1) is 0 Å². The van der Waals surface area contributed by atoms with Gasteiger partial charge in [0.05, 0.1) is 16.4 Å². The van der Waals surface area contributed by atoms with Gasteiger partial charge < -0.3 is 5.32 Å². The Morgan fingerprint density at radius 1 is 1.14 bits per heavy atom. The van der Waals surface area contributed by atoms with Gasteiger partial charge in [-0.2, -0.15) is 5.10 Å². The number of nitrogens with one attached hydrogen (secondary N) is 2. The van der Waals surface area contributed by atoms with E-state index in [1.807, 2.05) is 42.5 Å². The van der Waals surface area contributed by atoms with Crippen molar-refractivity contribution in [3.63, 3.8) is 0 Å². The van der Waals surface area contributed by atoms with E-state index in [9.17, 15) is 4.79 Å². The number of amides is 1. The highest BCUT2D eigenvalue weighted by Crippen LogP contribution is 2.27. The summed E-state index contributed by atoms with van der Waals surface area (Å²) in [6.45, 7) is 0. The summed E-state index contributed by atoms with van der Waals surface area (Å²) in [6.07, 6.45) is 0. The molecule has 4 nitrogen and oxygen atoms in total. The van der Waals surface area contributed by atoms with E-state index in [1.165, 1.54) is 0 Å². The van der Waals surface area contributed by atoms with Crippen molar-refractivity contribution in [2.75, 3.05) is 5.32 Å². The highest BCUT2D eigenvalue weighted by atomic mass is 79.9. The summed E-state index contributed by atoms with van der Waals surface area (Å²) in [6, 6.07) is 16.4. The van der Waals surface area contributed by atoms with E-state index >= 15 is 0 Å². The average Bonchev–Trinajstić information content (AvgIpc) is 3.00. The van der Waals surface area contributed by atoms with Crippen molar-refractivity contribution in [3.8, 4) is 11.3 Å². The molecule has 0 unspecified atom stereocenters. The third-order valence-electron chi connectivity index (χ3n) is 3.09. The highest BCUT2D eigenvalue weighted by molar-refractivity contribution is 9.10. The number of carbonyl (C=O) groups excluding carboxylic acids is 1. The molecule has 0 radical (unpaired) electrons. The zero-order valence-electron chi connectivity index (χ0n) is 11.3. The number of carbonyl (C=O) groups is 1. The van der Waals surface area contributed by atoms with Crippen LogP contribution >= 0.6 is 27.5 Å². The molecule has 2 N–H and O–H groups in total. The van der Waals surface area contributed by atoms with Crippen molar-refractivity contribution in [1.29, 1.82) is 0 Å².